The maximum Gasteiger partial charge on any atom is 0.164 e. The van der Waals surface area contributed by atoms with Gasteiger partial charge in [0.1, 0.15) is 0 Å². The Hall–Kier alpha value is -1.00. The van der Waals surface area contributed by atoms with Gasteiger partial charge < -0.3 is 5.11 Å². The molecule has 0 aromatic heterocycles. The fourth-order valence-electron chi connectivity index (χ4n) is 3.21. The van der Waals surface area contributed by atoms with Gasteiger partial charge in [0.05, 0.1) is 6.10 Å². The van der Waals surface area contributed by atoms with E-state index in [1.54, 1.807) is 0 Å². The smallest absolute Gasteiger partial charge is 0.164 e. The van der Waals surface area contributed by atoms with Gasteiger partial charge >= 0.3 is 0 Å². The maximum atomic E-state index is 13.8. The van der Waals surface area contributed by atoms with Crippen LogP contribution in [0.5, 0.6) is 0 Å². The Morgan fingerprint density at radius 3 is 2.48 bits per heavy atom. The van der Waals surface area contributed by atoms with Crippen LogP contribution in [0.1, 0.15) is 51.2 Å². The van der Waals surface area contributed by atoms with Crippen molar-refractivity contribution in [1.82, 2.24) is 4.90 Å². The lowest BCUT2D eigenvalue weighted by molar-refractivity contribution is 0.0770. The zero-order chi connectivity index (χ0) is 15.4. The molecular formula is C17H25F2NO. The predicted molar refractivity (Wildman–Crippen MR) is 80.0 cm³/mol. The van der Waals surface area contributed by atoms with Gasteiger partial charge in [0.2, 0.25) is 0 Å². The highest BCUT2D eigenvalue weighted by Crippen LogP contribution is 2.27. The quantitative estimate of drug-likeness (QED) is 0.861. The Morgan fingerprint density at radius 1 is 1.19 bits per heavy atom. The third kappa shape index (κ3) is 4.24. The summed E-state index contributed by atoms with van der Waals surface area (Å²) in [7, 11) is 0. The number of nitrogens with zero attached hydrogens (tertiary/aromatic N) is 1. The lowest BCUT2D eigenvalue weighted by Crippen LogP contribution is -2.39. The van der Waals surface area contributed by atoms with Crippen molar-refractivity contribution in [3.63, 3.8) is 0 Å². The van der Waals surface area contributed by atoms with Crippen molar-refractivity contribution >= 4 is 0 Å². The summed E-state index contributed by atoms with van der Waals surface area (Å²) in [5.74, 6) is -1.35. The topological polar surface area (TPSA) is 23.5 Å². The summed E-state index contributed by atoms with van der Waals surface area (Å²) < 4.78 is 27.1. The first-order valence-electron chi connectivity index (χ1n) is 7.85. The number of hydrogen-bond acceptors (Lipinski definition) is 2. The minimum absolute atomic E-state index is 0.0572. The van der Waals surface area contributed by atoms with E-state index < -0.39 is 17.7 Å². The lowest BCUT2D eigenvalue weighted by Gasteiger charge is -2.32. The zero-order valence-corrected chi connectivity index (χ0v) is 12.9. The average Bonchev–Trinajstić information content (AvgIpc) is 2.94. The van der Waals surface area contributed by atoms with E-state index in [4.69, 9.17) is 0 Å². The molecule has 0 aliphatic heterocycles. The van der Waals surface area contributed by atoms with Crippen LogP contribution in [0, 0.1) is 17.6 Å². The molecule has 1 aliphatic rings. The molecule has 21 heavy (non-hydrogen) atoms. The molecule has 0 heterocycles. The molecule has 1 N–H and O–H groups in total. The highest BCUT2D eigenvalue weighted by molar-refractivity contribution is 5.21. The predicted octanol–water partition coefficient (Wildman–Crippen LogP) is 3.90. The largest absolute Gasteiger partial charge is 0.387 e. The lowest BCUT2D eigenvalue weighted by atomic mass is 10.0. The third-order valence-corrected chi connectivity index (χ3v) is 4.19. The maximum absolute atomic E-state index is 13.8. The molecule has 118 valence electrons. The van der Waals surface area contributed by atoms with Crippen molar-refractivity contribution < 1.29 is 13.9 Å². The molecule has 0 radical (unpaired) electrons. The minimum atomic E-state index is -0.986. The number of aliphatic hydroxyl groups excluding tert-OH is 1. The molecule has 1 aromatic rings. The second kappa shape index (κ2) is 7.32. The monoisotopic (exact) mass is 297 g/mol. The van der Waals surface area contributed by atoms with E-state index in [1.165, 1.54) is 25.0 Å². The first-order valence-corrected chi connectivity index (χ1v) is 7.85. The molecule has 1 atom stereocenters. The van der Waals surface area contributed by atoms with Crippen molar-refractivity contribution in [1.29, 1.82) is 0 Å². The molecule has 1 fully saturated rings. The summed E-state index contributed by atoms with van der Waals surface area (Å²) in [6.07, 6.45) is 3.70. The van der Waals surface area contributed by atoms with Crippen LogP contribution in [0.15, 0.2) is 18.2 Å². The van der Waals surface area contributed by atoms with Gasteiger partial charge in [-0.05, 0) is 24.8 Å². The van der Waals surface area contributed by atoms with Crippen molar-refractivity contribution in [2.24, 2.45) is 5.92 Å². The Labute approximate surface area is 125 Å². The Kier molecular flexibility index (Phi) is 5.71. The first-order chi connectivity index (χ1) is 9.99. The number of aliphatic hydroxyl groups is 1. The number of halogens is 2. The molecule has 1 aliphatic carbocycles. The molecule has 0 bridgehead atoms. The van der Waals surface area contributed by atoms with Gasteiger partial charge in [-0.1, -0.05) is 38.8 Å². The first kappa shape index (κ1) is 16.4. The summed E-state index contributed by atoms with van der Waals surface area (Å²) in [5.41, 5.74) is 0.0572. The number of rotatable bonds is 6. The van der Waals surface area contributed by atoms with Gasteiger partial charge in [-0.3, -0.25) is 4.90 Å². The van der Waals surface area contributed by atoms with Gasteiger partial charge in [0.15, 0.2) is 11.6 Å². The van der Waals surface area contributed by atoms with Gasteiger partial charge in [0.25, 0.3) is 0 Å². The molecule has 0 saturated heterocycles. The average molecular weight is 297 g/mol. The highest BCUT2D eigenvalue weighted by Gasteiger charge is 2.26. The van der Waals surface area contributed by atoms with Crippen LogP contribution in [-0.2, 0) is 0 Å². The van der Waals surface area contributed by atoms with Crippen LogP contribution in [0.2, 0.25) is 0 Å². The number of benzene rings is 1. The van der Waals surface area contributed by atoms with Crippen molar-refractivity contribution in [3.05, 3.63) is 35.4 Å². The summed E-state index contributed by atoms with van der Waals surface area (Å²) in [6.45, 7) is 5.51. The molecule has 2 nitrogen and oxygen atoms in total. The Balaban J connectivity index is 2.09. The minimum Gasteiger partial charge on any atom is -0.387 e. The fourth-order valence-corrected chi connectivity index (χ4v) is 3.21. The SMILES string of the molecule is CC(C)CN(CC(O)c1cccc(F)c1F)C1CCCC1. The molecular weight excluding hydrogens is 272 g/mol. The summed E-state index contributed by atoms with van der Waals surface area (Å²) >= 11 is 0. The molecule has 4 heteroatoms. The van der Waals surface area contributed by atoms with E-state index in [0.29, 0.717) is 18.5 Å². The van der Waals surface area contributed by atoms with Crippen LogP contribution >= 0.6 is 0 Å². The van der Waals surface area contributed by atoms with Crippen LogP contribution in [0.4, 0.5) is 8.78 Å². The summed E-state index contributed by atoms with van der Waals surface area (Å²) in [6, 6.07) is 4.44. The van der Waals surface area contributed by atoms with Gasteiger partial charge in [0, 0.05) is 24.7 Å². The van der Waals surface area contributed by atoms with Crippen LogP contribution in [0.3, 0.4) is 0 Å². The molecule has 0 amide bonds. The van der Waals surface area contributed by atoms with E-state index in [-0.39, 0.29) is 5.56 Å². The van der Waals surface area contributed by atoms with Crippen molar-refractivity contribution in [2.75, 3.05) is 13.1 Å². The highest BCUT2D eigenvalue weighted by atomic mass is 19.2. The van der Waals surface area contributed by atoms with E-state index in [1.807, 2.05) is 0 Å². The van der Waals surface area contributed by atoms with Crippen molar-refractivity contribution in [2.45, 2.75) is 51.7 Å². The van der Waals surface area contributed by atoms with E-state index in [2.05, 4.69) is 18.7 Å². The van der Waals surface area contributed by atoms with E-state index >= 15 is 0 Å². The number of hydrogen-bond donors (Lipinski definition) is 1. The van der Waals surface area contributed by atoms with Gasteiger partial charge in [-0.25, -0.2) is 8.78 Å². The summed E-state index contributed by atoms with van der Waals surface area (Å²) in [5, 5.41) is 10.3. The van der Waals surface area contributed by atoms with Crippen LogP contribution in [0.25, 0.3) is 0 Å². The molecule has 2 rings (SSSR count). The van der Waals surface area contributed by atoms with Crippen LogP contribution in [-0.4, -0.2) is 29.1 Å². The normalized spacial score (nSPS) is 17.9. The zero-order valence-electron chi connectivity index (χ0n) is 12.9. The van der Waals surface area contributed by atoms with E-state index in [0.717, 1.165) is 25.5 Å². The van der Waals surface area contributed by atoms with Crippen LogP contribution < -0.4 is 0 Å². The van der Waals surface area contributed by atoms with Gasteiger partial charge in [-0.15, -0.1) is 0 Å². The molecule has 1 unspecified atom stereocenters. The summed E-state index contributed by atoms with van der Waals surface area (Å²) in [4.78, 5) is 2.24. The van der Waals surface area contributed by atoms with E-state index in [9.17, 15) is 13.9 Å². The standard InChI is InChI=1S/C17H25F2NO/c1-12(2)10-20(13-6-3-4-7-13)11-16(21)14-8-5-9-15(18)17(14)19/h5,8-9,12-13,16,21H,3-4,6-7,10-11H2,1-2H3. The van der Waals surface area contributed by atoms with Crippen molar-refractivity contribution in [3.8, 4) is 0 Å². The second-order valence-electron chi connectivity index (χ2n) is 6.44. The molecule has 1 saturated carbocycles. The Bertz CT molecular complexity index is 458. The Morgan fingerprint density at radius 2 is 1.86 bits per heavy atom. The second-order valence-corrected chi connectivity index (χ2v) is 6.44. The molecule has 0 spiro atoms. The molecule has 1 aromatic carbocycles. The third-order valence-electron chi connectivity index (χ3n) is 4.19. The van der Waals surface area contributed by atoms with Gasteiger partial charge in [-0.2, -0.15) is 0 Å². The fraction of sp³-hybridized carbons (Fsp3) is 0.647.